The summed E-state index contributed by atoms with van der Waals surface area (Å²) < 4.78 is 65.3. The highest BCUT2D eigenvalue weighted by atomic mass is 19.4. The van der Waals surface area contributed by atoms with E-state index in [0.29, 0.717) is 6.20 Å². The lowest BCUT2D eigenvalue weighted by atomic mass is 10.0. The van der Waals surface area contributed by atoms with Gasteiger partial charge in [0.15, 0.2) is 0 Å². The van der Waals surface area contributed by atoms with E-state index in [1.807, 2.05) is 0 Å². The summed E-state index contributed by atoms with van der Waals surface area (Å²) >= 11 is 0. The van der Waals surface area contributed by atoms with Gasteiger partial charge in [-0.1, -0.05) is 0 Å². The minimum atomic E-state index is -5.03. The first-order chi connectivity index (χ1) is 8.80. The van der Waals surface area contributed by atoms with Crippen LogP contribution in [-0.4, -0.2) is 11.3 Å². The summed E-state index contributed by atoms with van der Waals surface area (Å²) in [5, 5.41) is 8.55. The van der Waals surface area contributed by atoms with E-state index >= 15 is 0 Å². The molecule has 0 bridgehead atoms. The number of rotatable bonds is 4. The fourth-order valence-corrected chi connectivity index (χ4v) is 1.48. The number of nitrogens with two attached hydrogens (primary N) is 1. The molecule has 2 N–H and O–H groups in total. The number of pyridine rings is 1. The predicted octanol–water partition coefficient (Wildman–Crippen LogP) is 2.44. The Balaban J connectivity index is 3.37. The lowest BCUT2D eigenvalue weighted by molar-refractivity contribution is -0.276. The summed E-state index contributed by atoms with van der Waals surface area (Å²) in [7, 11) is 0. The molecule has 1 rings (SSSR count). The molecule has 0 radical (unpaired) electrons. The quantitative estimate of drug-likeness (QED) is 0.860. The van der Waals surface area contributed by atoms with Gasteiger partial charge >= 0.3 is 6.36 Å². The first-order valence-corrected chi connectivity index (χ1v) is 4.91. The van der Waals surface area contributed by atoms with Gasteiger partial charge < -0.3 is 10.5 Å². The van der Waals surface area contributed by atoms with Gasteiger partial charge in [0.05, 0.1) is 12.5 Å². The van der Waals surface area contributed by atoms with E-state index in [2.05, 4.69) is 9.72 Å². The number of alkyl halides is 5. The van der Waals surface area contributed by atoms with E-state index in [-0.39, 0.29) is 11.1 Å². The molecule has 0 saturated heterocycles. The van der Waals surface area contributed by atoms with Crippen molar-refractivity contribution in [2.75, 3.05) is 0 Å². The zero-order valence-corrected chi connectivity index (χ0v) is 9.34. The third-order valence-corrected chi connectivity index (χ3v) is 2.20. The van der Waals surface area contributed by atoms with Crippen LogP contribution in [0.1, 0.15) is 23.1 Å². The molecule has 19 heavy (non-hydrogen) atoms. The molecule has 4 nitrogen and oxygen atoms in total. The Kier molecular flexibility index (Phi) is 4.61. The molecule has 1 aromatic heterocycles. The molecule has 0 aliphatic heterocycles. The van der Waals surface area contributed by atoms with Gasteiger partial charge in [0.2, 0.25) is 5.88 Å². The van der Waals surface area contributed by atoms with Gasteiger partial charge in [-0.05, 0) is 5.56 Å². The molecule has 0 atom stereocenters. The summed E-state index contributed by atoms with van der Waals surface area (Å²) in [6, 6.07) is 1.56. The van der Waals surface area contributed by atoms with Crippen molar-refractivity contribution in [2.45, 2.75) is 25.8 Å². The number of ether oxygens (including phenoxy) is 1. The molecule has 104 valence electrons. The van der Waals surface area contributed by atoms with Crippen molar-refractivity contribution in [3.05, 3.63) is 22.9 Å². The highest BCUT2D eigenvalue weighted by Gasteiger charge is 2.34. The summed E-state index contributed by atoms with van der Waals surface area (Å²) in [4.78, 5) is 3.18. The number of aromatic nitrogens is 1. The fraction of sp³-hybridized carbons (Fsp3) is 0.400. The molecule has 0 aliphatic rings. The number of hydrogen-bond acceptors (Lipinski definition) is 4. The van der Waals surface area contributed by atoms with Crippen LogP contribution in [0.2, 0.25) is 0 Å². The summed E-state index contributed by atoms with van der Waals surface area (Å²) in [5.41, 5.74) is 4.00. The lowest BCUT2D eigenvalue weighted by Crippen LogP contribution is -2.20. The van der Waals surface area contributed by atoms with Crippen molar-refractivity contribution in [3.63, 3.8) is 0 Å². The van der Waals surface area contributed by atoms with Gasteiger partial charge in [0, 0.05) is 23.9 Å². The standard InChI is InChI=1S/C10H8F5N3O/c11-8(12)7-4-18-9(19-10(13,14)15)5(1-2-16)6(7)3-17/h4,8H,1,3,17H2. The molecule has 1 heterocycles. The molecule has 0 fully saturated rings. The van der Waals surface area contributed by atoms with Crippen molar-refractivity contribution in [1.29, 1.82) is 5.26 Å². The molecule has 0 spiro atoms. The van der Waals surface area contributed by atoms with Crippen LogP contribution >= 0.6 is 0 Å². The van der Waals surface area contributed by atoms with E-state index in [1.54, 1.807) is 6.07 Å². The zero-order valence-electron chi connectivity index (χ0n) is 9.34. The van der Waals surface area contributed by atoms with Gasteiger partial charge in [0.1, 0.15) is 0 Å². The Bertz CT molecular complexity index is 495. The Morgan fingerprint density at radius 1 is 1.37 bits per heavy atom. The van der Waals surface area contributed by atoms with Gasteiger partial charge in [-0.2, -0.15) is 5.26 Å². The Morgan fingerprint density at radius 3 is 2.42 bits per heavy atom. The van der Waals surface area contributed by atoms with Crippen LogP contribution in [0, 0.1) is 11.3 Å². The van der Waals surface area contributed by atoms with E-state index in [9.17, 15) is 22.0 Å². The average molecular weight is 281 g/mol. The summed E-state index contributed by atoms with van der Waals surface area (Å²) in [6.07, 6.45) is -7.99. The van der Waals surface area contributed by atoms with Crippen LogP contribution in [-0.2, 0) is 13.0 Å². The summed E-state index contributed by atoms with van der Waals surface area (Å²) in [5.74, 6) is -0.932. The number of halogens is 5. The maximum atomic E-state index is 12.7. The Hall–Kier alpha value is -1.95. The smallest absolute Gasteiger partial charge is 0.388 e. The molecule has 0 saturated carbocycles. The Morgan fingerprint density at radius 2 is 2.00 bits per heavy atom. The van der Waals surface area contributed by atoms with Crippen molar-refractivity contribution in [2.24, 2.45) is 5.73 Å². The first-order valence-electron chi connectivity index (χ1n) is 4.91. The number of nitrogens with zero attached hydrogens (tertiary/aromatic N) is 2. The average Bonchev–Trinajstić information content (AvgIpc) is 2.28. The van der Waals surface area contributed by atoms with Crippen molar-refractivity contribution >= 4 is 0 Å². The highest BCUT2D eigenvalue weighted by Crippen LogP contribution is 2.32. The van der Waals surface area contributed by atoms with Gasteiger partial charge in [-0.15, -0.1) is 13.2 Å². The van der Waals surface area contributed by atoms with Crippen LogP contribution in [0.3, 0.4) is 0 Å². The van der Waals surface area contributed by atoms with Crippen molar-refractivity contribution in [3.8, 4) is 11.9 Å². The van der Waals surface area contributed by atoms with Crippen LogP contribution in [0.25, 0.3) is 0 Å². The van der Waals surface area contributed by atoms with Crippen molar-refractivity contribution < 1.29 is 26.7 Å². The fourth-order valence-electron chi connectivity index (χ4n) is 1.48. The maximum Gasteiger partial charge on any atom is 0.574 e. The molecular formula is C10H8F5N3O. The van der Waals surface area contributed by atoms with Crippen molar-refractivity contribution in [1.82, 2.24) is 4.98 Å². The van der Waals surface area contributed by atoms with Crippen LogP contribution < -0.4 is 10.5 Å². The third kappa shape index (κ3) is 3.75. The minimum absolute atomic E-state index is 0.259. The van der Waals surface area contributed by atoms with Gasteiger partial charge in [-0.25, -0.2) is 13.8 Å². The minimum Gasteiger partial charge on any atom is -0.388 e. The second-order valence-electron chi connectivity index (χ2n) is 3.36. The predicted molar refractivity (Wildman–Crippen MR) is 53.1 cm³/mol. The van der Waals surface area contributed by atoms with Gasteiger partial charge in [0.25, 0.3) is 6.43 Å². The topological polar surface area (TPSA) is 71.9 Å². The second-order valence-corrected chi connectivity index (χ2v) is 3.36. The van der Waals surface area contributed by atoms with E-state index in [4.69, 9.17) is 11.0 Å². The van der Waals surface area contributed by atoms with E-state index in [1.165, 1.54) is 0 Å². The molecule has 1 aromatic rings. The molecule has 0 unspecified atom stereocenters. The monoisotopic (exact) mass is 281 g/mol. The zero-order chi connectivity index (χ0) is 14.6. The number of nitriles is 1. The van der Waals surface area contributed by atoms with Crippen LogP contribution in [0.15, 0.2) is 6.20 Å². The van der Waals surface area contributed by atoms with Crippen LogP contribution in [0.5, 0.6) is 5.88 Å². The molecular weight excluding hydrogens is 273 g/mol. The SMILES string of the molecule is N#CCc1c(OC(F)(F)F)ncc(C(F)F)c1CN. The lowest BCUT2D eigenvalue weighted by Gasteiger charge is -2.16. The summed E-state index contributed by atoms with van der Waals surface area (Å²) in [6.45, 7) is -0.451. The largest absolute Gasteiger partial charge is 0.574 e. The molecule has 9 heteroatoms. The highest BCUT2D eigenvalue weighted by molar-refractivity contribution is 5.42. The normalized spacial score (nSPS) is 11.5. The second kappa shape index (κ2) is 5.79. The van der Waals surface area contributed by atoms with Crippen LogP contribution in [0.4, 0.5) is 22.0 Å². The first kappa shape index (κ1) is 15.1. The maximum absolute atomic E-state index is 12.7. The van der Waals surface area contributed by atoms with Gasteiger partial charge in [-0.3, -0.25) is 0 Å². The third-order valence-electron chi connectivity index (χ3n) is 2.20. The van der Waals surface area contributed by atoms with E-state index in [0.717, 1.165) is 0 Å². The Labute approximate surface area is 104 Å². The molecule has 0 amide bonds. The number of hydrogen-bond donors (Lipinski definition) is 1. The van der Waals surface area contributed by atoms with E-state index < -0.39 is 37.2 Å². The molecule has 0 aromatic carbocycles. The molecule has 0 aliphatic carbocycles.